The highest BCUT2D eigenvalue weighted by atomic mass is 35.7. The molecule has 1 fully saturated rings. The lowest BCUT2D eigenvalue weighted by molar-refractivity contribution is 0.405. The monoisotopic (exact) mass is 284 g/mol. The predicted octanol–water partition coefficient (Wildman–Crippen LogP) is 2.84. The highest BCUT2D eigenvalue weighted by molar-refractivity contribution is 8.13. The van der Waals surface area contributed by atoms with Gasteiger partial charge in [-0.15, -0.1) is 0 Å². The lowest BCUT2D eigenvalue weighted by Crippen LogP contribution is -2.12. The number of hydrogen-bond donors (Lipinski definition) is 0. The summed E-state index contributed by atoms with van der Waals surface area (Å²) in [5.41, 5.74) is 2.32. The van der Waals surface area contributed by atoms with Crippen LogP contribution in [0, 0.1) is 6.92 Å². The number of aryl methyl sites for hydroxylation is 1. The van der Waals surface area contributed by atoms with Crippen LogP contribution in [0.5, 0.6) is 0 Å². The number of hydrogen-bond acceptors (Lipinski definition) is 3. The Morgan fingerprint density at radius 3 is 2.72 bits per heavy atom. The fourth-order valence-corrected chi connectivity index (χ4v) is 3.64. The maximum atomic E-state index is 11.8. The van der Waals surface area contributed by atoms with Gasteiger partial charge in [0.2, 0.25) is 0 Å². The molecule has 2 aromatic rings. The minimum absolute atomic E-state index is 0.142. The summed E-state index contributed by atoms with van der Waals surface area (Å²) in [6.45, 7) is 1.95. The number of halogens is 1. The molecule has 0 bridgehead atoms. The first-order chi connectivity index (χ1) is 8.47. The average molecular weight is 285 g/mol. The van der Waals surface area contributed by atoms with Crippen LogP contribution in [0.25, 0.3) is 5.65 Å². The van der Waals surface area contributed by atoms with E-state index in [2.05, 4.69) is 4.98 Å². The van der Waals surface area contributed by atoms with Crippen LogP contribution in [0.1, 0.15) is 36.4 Å². The summed E-state index contributed by atoms with van der Waals surface area (Å²) in [6.07, 6.45) is 4.82. The second kappa shape index (κ2) is 3.96. The summed E-state index contributed by atoms with van der Waals surface area (Å²) in [5, 5.41) is 0.142. The van der Waals surface area contributed by atoms with Crippen molar-refractivity contribution < 1.29 is 8.42 Å². The molecular weight excluding hydrogens is 272 g/mol. The van der Waals surface area contributed by atoms with Gasteiger partial charge in [-0.05, 0) is 37.5 Å². The molecule has 18 heavy (non-hydrogen) atoms. The zero-order chi connectivity index (χ0) is 12.9. The molecule has 3 rings (SSSR count). The highest BCUT2D eigenvalue weighted by Gasteiger charge is 2.31. The SMILES string of the molecule is Cc1ccn2c(S(=O)(=O)Cl)c(C3CCC3)nc2c1. The molecule has 2 aromatic heterocycles. The van der Waals surface area contributed by atoms with Crippen molar-refractivity contribution in [1.29, 1.82) is 0 Å². The zero-order valence-electron chi connectivity index (χ0n) is 9.93. The Morgan fingerprint density at radius 2 is 2.17 bits per heavy atom. The maximum Gasteiger partial charge on any atom is 0.279 e. The van der Waals surface area contributed by atoms with Crippen LogP contribution >= 0.6 is 10.7 Å². The van der Waals surface area contributed by atoms with E-state index in [1.807, 2.05) is 19.1 Å². The molecule has 2 heterocycles. The van der Waals surface area contributed by atoms with Gasteiger partial charge < -0.3 is 0 Å². The van der Waals surface area contributed by atoms with E-state index in [-0.39, 0.29) is 10.9 Å². The van der Waals surface area contributed by atoms with Gasteiger partial charge in [0.05, 0.1) is 5.69 Å². The molecule has 6 heteroatoms. The third kappa shape index (κ3) is 1.82. The first-order valence-corrected chi connectivity index (χ1v) is 8.21. The van der Waals surface area contributed by atoms with E-state index in [0.717, 1.165) is 24.8 Å². The Kier molecular flexibility index (Phi) is 2.64. The van der Waals surface area contributed by atoms with Gasteiger partial charge in [-0.25, -0.2) is 13.4 Å². The third-order valence-electron chi connectivity index (χ3n) is 3.49. The second-order valence-corrected chi connectivity index (χ2v) is 7.28. The first-order valence-electron chi connectivity index (χ1n) is 5.90. The van der Waals surface area contributed by atoms with Crippen molar-refractivity contribution in [2.45, 2.75) is 37.1 Å². The standard InChI is InChI=1S/C12H13ClN2O2S/c1-8-5-6-15-10(7-8)14-11(9-3-2-4-9)12(15)18(13,16)17/h5-7,9H,2-4H2,1H3. The lowest BCUT2D eigenvalue weighted by atomic mass is 9.83. The van der Waals surface area contributed by atoms with E-state index in [4.69, 9.17) is 10.7 Å². The molecule has 0 radical (unpaired) electrons. The molecule has 0 unspecified atom stereocenters. The average Bonchev–Trinajstić information content (AvgIpc) is 2.51. The normalized spacial score (nSPS) is 17.0. The van der Waals surface area contributed by atoms with Crippen molar-refractivity contribution in [3.63, 3.8) is 0 Å². The summed E-state index contributed by atoms with van der Waals surface area (Å²) >= 11 is 0. The van der Waals surface area contributed by atoms with Crippen molar-refractivity contribution >= 4 is 25.4 Å². The van der Waals surface area contributed by atoms with Crippen molar-refractivity contribution in [3.8, 4) is 0 Å². The zero-order valence-corrected chi connectivity index (χ0v) is 11.5. The molecule has 4 nitrogen and oxygen atoms in total. The number of aromatic nitrogens is 2. The van der Waals surface area contributed by atoms with Gasteiger partial charge in [0.1, 0.15) is 5.65 Å². The number of rotatable bonds is 2. The van der Waals surface area contributed by atoms with Crippen LogP contribution < -0.4 is 0 Å². The molecule has 0 saturated heterocycles. The van der Waals surface area contributed by atoms with Gasteiger partial charge in [0, 0.05) is 22.8 Å². The molecule has 0 aromatic carbocycles. The Labute approximate surface area is 110 Å². The highest BCUT2D eigenvalue weighted by Crippen LogP contribution is 2.39. The van der Waals surface area contributed by atoms with Crippen LogP contribution in [0.2, 0.25) is 0 Å². The van der Waals surface area contributed by atoms with E-state index < -0.39 is 9.05 Å². The molecule has 0 aliphatic heterocycles. The van der Waals surface area contributed by atoms with Gasteiger partial charge in [0.25, 0.3) is 9.05 Å². The second-order valence-electron chi connectivity index (χ2n) is 4.80. The third-order valence-corrected chi connectivity index (χ3v) is 4.79. The van der Waals surface area contributed by atoms with Gasteiger partial charge in [-0.2, -0.15) is 0 Å². The minimum Gasteiger partial charge on any atom is -0.289 e. The summed E-state index contributed by atoms with van der Waals surface area (Å²) in [7, 11) is 1.78. The topological polar surface area (TPSA) is 51.4 Å². The molecule has 1 aliphatic carbocycles. The fourth-order valence-electron chi connectivity index (χ4n) is 2.33. The molecule has 0 amide bonds. The van der Waals surface area contributed by atoms with Gasteiger partial charge in [-0.1, -0.05) is 6.42 Å². The first kappa shape index (κ1) is 12.0. The van der Waals surface area contributed by atoms with Crippen LogP contribution in [-0.4, -0.2) is 17.8 Å². The maximum absolute atomic E-state index is 11.8. The summed E-state index contributed by atoms with van der Waals surface area (Å²) in [4.78, 5) is 4.46. The Hall–Kier alpha value is -1.07. The van der Waals surface area contributed by atoms with Crippen LogP contribution in [-0.2, 0) is 9.05 Å². The Morgan fingerprint density at radius 1 is 1.44 bits per heavy atom. The molecule has 96 valence electrons. The van der Waals surface area contributed by atoms with Gasteiger partial charge >= 0.3 is 0 Å². The van der Waals surface area contributed by atoms with Crippen molar-refractivity contribution in [3.05, 3.63) is 29.6 Å². The van der Waals surface area contributed by atoms with Crippen molar-refractivity contribution in [2.75, 3.05) is 0 Å². The van der Waals surface area contributed by atoms with E-state index >= 15 is 0 Å². The molecule has 1 aliphatic rings. The lowest BCUT2D eigenvalue weighted by Gasteiger charge is -2.23. The van der Waals surface area contributed by atoms with Crippen LogP contribution in [0.15, 0.2) is 23.4 Å². The van der Waals surface area contributed by atoms with Crippen molar-refractivity contribution in [1.82, 2.24) is 9.38 Å². The number of pyridine rings is 1. The predicted molar refractivity (Wildman–Crippen MR) is 69.6 cm³/mol. The molecular formula is C12H13ClN2O2S. The largest absolute Gasteiger partial charge is 0.289 e. The van der Waals surface area contributed by atoms with Gasteiger partial charge in [0.15, 0.2) is 5.03 Å². The molecule has 0 spiro atoms. The van der Waals surface area contributed by atoms with Gasteiger partial charge in [-0.3, -0.25) is 4.40 Å². The van der Waals surface area contributed by atoms with Crippen LogP contribution in [0.4, 0.5) is 0 Å². The van der Waals surface area contributed by atoms with Crippen LogP contribution in [0.3, 0.4) is 0 Å². The number of fused-ring (bicyclic) bond motifs is 1. The summed E-state index contributed by atoms with van der Waals surface area (Å²) < 4.78 is 25.1. The number of imidazole rings is 1. The smallest absolute Gasteiger partial charge is 0.279 e. The van der Waals surface area contributed by atoms with E-state index in [9.17, 15) is 8.42 Å². The quantitative estimate of drug-likeness (QED) is 0.797. The van der Waals surface area contributed by atoms with E-state index in [1.165, 1.54) is 0 Å². The molecule has 0 atom stereocenters. The Bertz CT molecular complexity index is 717. The molecule has 1 saturated carbocycles. The summed E-state index contributed by atoms with van der Waals surface area (Å²) in [5.74, 6) is 0.230. The fraction of sp³-hybridized carbons (Fsp3) is 0.417. The minimum atomic E-state index is -3.78. The number of nitrogens with zero attached hydrogens (tertiary/aromatic N) is 2. The Balaban J connectivity index is 2.33. The molecule has 0 N–H and O–H groups in total. The van der Waals surface area contributed by atoms with E-state index in [1.54, 1.807) is 10.6 Å². The summed E-state index contributed by atoms with van der Waals surface area (Å²) in [6, 6.07) is 3.72. The van der Waals surface area contributed by atoms with Crippen molar-refractivity contribution in [2.24, 2.45) is 0 Å². The van der Waals surface area contributed by atoms with E-state index in [0.29, 0.717) is 11.3 Å².